The van der Waals surface area contributed by atoms with E-state index in [0.717, 1.165) is 6.42 Å². The third kappa shape index (κ3) is 4.60. The molecule has 30 heavy (non-hydrogen) atoms. The van der Waals surface area contributed by atoms with Gasteiger partial charge in [-0.1, -0.05) is 42.5 Å². The highest BCUT2D eigenvalue weighted by Crippen LogP contribution is 2.12. The van der Waals surface area contributed by atoms with Gasteiger partial charge < -0.3 is 19.4 Å². The van der Waals surface area contributed by atoms with E-state index in [2.05, 4.69) is 5.32 Å². The Bertz CT molecular complexity index is 1090. The maximum Gasteiger partial charge on any atom is 0.420 e. The molecule has 1 fully saturated rings. The summed E-state index contributed by atoms with van der Waals surface area (Å²) in [5, 5.41) is 2.79. The van der Waals surface area contributed by atoms with E-state index in [4.69, 9.17) is 9.15 Å². The summed E-state index contributed by atoms with van der Waals surface area (Å²) in [5.74, 6) is -0.942. The Morgan fingerprint density at radius 3 is 2.67 bits per heavy atom. The number of nitrogens with zero attached hydrogens (tertiary/aromatic N) is 2. The number of aromatic nitrogens is 1. The van der Waals surface area contributed by atoms with E-state index in [9.17, 15) is 14.4 Å². The van der Waals surface area contributed by atoms with Gasteiger partial charge in [0.25, 0.3) is 0 Å². The Labute approximate surface area is 173 Å². The van der Waals surface area contributed by atoms with Crippen molar-refractivity contribution in [2.45, 2.75) is 19.1 Å². The van der Waals surface area contributed by atoms with E-state index in [1.807, 2.05) is 30.3 Å². The van der Waals surface area contributed by atoms with Gasteiger partial charge in [0, 0.05) is 19.6 Å². The van der Waals surface area contributed by atoms with Crippen LogP contribution in [0.1, 0.15) is 5.56 Å². The van der Waals surface area contributed by atoms with Crippen LogP contribution in [0.2, 0.25) is 0 Å². The largest absolute Gasteiger partial charge is 0.420 e. The molecule has 1 unspecified atom stereocenters. The molecule has 0 bridgehead atoms. The molecule has 156 valence electrons. The molecule has 1 N–H and O–H groups in total. The van der Waals surface area contributed by atoms with Crippen LogP contribution in [0.15, 0.2) is 63.8 Å². The summed E-state index contributed by atoms with van der Waals surface area (Å²) in [5.41, 5.74) is 2.18. The summed E-state index contributed by atoms with van der Waals surface area (Å²) in [4.78, 5) is 38.3. The maximum absolute atomic E-state index is 12.4. The number of hydrogen-bond acceptors (Lipinski definition) is 5. The number of ether oxygens (including phenoxy) is 1. The Hall–Kier alpha value is -3.39. The van der Waals surface area contributed by atoms with Crippen molar-refractivity contribution in [3.8, 4) is 0 Å². The number of para-hydroxylation sites is 2. The Balaban J connectivity index is 1.29. The first-order valence-electron chi connectivity index (χ1n) is 9.88. The van der Waals surface area contributed by atoms with E-state index in [1.54, 1.807) is 29.2 Å². The number of carbonyl (C=O) groups is 2. The zero-order valence-electron chi connectivity index (χ0n) is 16.5. The molecule has 0 spiro atoms. The predicted octanol–water partition coefficient (Wildman–Crippen LogP) is 1.18. The molecule has 3 aromatic rings. The maximum atomic E-state index is 12.4. The highest BCUT2D eigenvalue weighted by atomic mass is 16.5. The molecule has 8 heteroatoms. The van der Waals surface area contributed by atoms with E-state index >= 15 is 0 Å². The summed E-state index contributed by atoms with van der Waals surface area (Å²) in [6.07, 6.45) is 0.475. The fourth-order valence-corrected chi connectivity index (χ4v) is 3.52. The number of nitrogens with one attached hydrogen (secondary N) is 1. The third-order valence-electron chi connectivity index (χ3n) is 5.13. The number of benzene rings is 2. The number of hydrogen-bond donors (Lipinski definition) is 1. The van der Waals surface area contributed by atoms with Crippen molar-refractivity contribution < 1.29 is 18.7 Å². The summed E-state index contributed by atoms with van der Waals surface area (Å²) in [7, 11) is 0. The van der Waals surface area contributed by atoms with Crippen molar-refractivity contribution in [3.63, 3.8) is 0 Å². The van der Waals surface area contributed by atoms with Gasteiger partial charge in [-0.05, 0) is 24.1 Å². The molecule has 4 rings (SSSR count). The number of carbonyl (C=O) groups excluding carboxylic acids is 2. The van der Waals surface area contributed by atoms with E-state index < -0.39 is 5.76 Å². The van der Waals surface area contributed by atoms with Gasteiger partial charge in [0.1, 0.15) is 13.2 Å². The molecule has 0 saturated carbocycles. The average molecular weight is 409 g/mol. The van der Waals surface area contributed by atoms with E-state index in [0.29, 0.717) is 24.2 Å². The molecule has 2 heterocycles. The minimum absolute atomic E-state index is 0.00114. The van der Waals surface area contributed by atoms with Gasteiger partial charge in [-0.3, -0.25) is 14.2 Å². The van der Waals surface area contributed by atoms with E-state index in [1.165, 1.54) is 10.1 Å². The van der Waals surface area contributed by atoms with Gasteiger partial charge in [-0.25, -0.2) is 4.79 Å². The van der Waals surface area contributed by atoms with Crippen LogP contribution in [-0.4, -0.2) is 53.6 Å². The van der Waals surface area contributed by atoms with Gasteiger partial charge in [-0.2, -0.15) is 0 Å². The molecular weight excluding hydrogens is 386 g/mol. The highest BCUT2D eigenvalue weighted by Gasteiger charge is 2.26. The zero-order valence-corrected chi connectivity index (χ0v) is 16.5. The summed E-state index contributed by atoms with van der Waals surface area (Å²) in [6, 6.07) is 16.9. The molecule has 1 aromatic heterocycles. The topological polar surface area (TPSA) is 93.8 Å². The number of morpholine rings is 1. The molecule has 1 atom stereocenters. The van der Waals surface area contributed by atoms with Crippen LogP contribution in [0.25, 0.3) is 11.1 Å². The van der Waals surface area contributed by atoms with Crippen LogP contribution in [0.5, 0.6) is 0 Å². The minimum atomic E-state index is -0.571. The van der Waals surface area contributed by atoms with Crippen LogP contribution in [0.3, 0.4) is 0 Å². The Morgan fingerprint density at radius 1 is 1.07 bits per heavy atom. The smallest absolute Gasteiger partial charge is 0.408 e. The van der Waals surface area contributed by atoms with E-state index in [-0.39, 0.29) is 37.6 Å². The lowest BCUT2D eigenvalue weighted by molar-refractivity contribution is -0.148. The van der Waals surface area contributed by atoms with Gasteiger partial charge in [0.2, 0.25) is 11.8 Å². The van der Waals surface area contributed by atoms with Crippen LogP contribution in [-0.2, 0) is 27.3 Å². The molecule has 1 aliphatic heterocycles. The van der Waals surface area contributed by atoms with Gasteiger partial charge in [0.05, 0.1) is 11.6 Å². The second-order valence-corrected chi connectivity index (χ2v) is 7.23. The standard InChI is InChI=1S/C22H23N3O5/c26-20(14-25-18-8-4-5-9-19(18)30-22(25)28)23-12-17-13-24(21(27)15-29-17)11-10-16-6-2-1-3-7-16/h1-9,17H,10-15H2,(H,23,26). The third-order valence-corrected chi connectivity index (χ3v) is 5.13. The molecule has 0 radical (unpaired) electrons. The molecule has 2 aromatic carbocycles. The van der Waals surface area contributed by atoms with Crippen molar-refractivity contribution in [3.05, 3.63) is 70.7 Å². The molecule has 1 saturated heterocycles. The van der Waals surface area contributed by atoms with Crippen molar-refractivity contribution >= 4 is 22.9 Å². The number of oxazole rings is 1. The molecule has 0 aliphatic carbocycles. The van der Waals surface area contributed by atoms with Gasteiger partial charge >= 0.3 is 5.76 Å². The second-order valence-electron chi connectivity index (χ2n) is 7.23. The minimum Gasteiger partial charge on any atom is -0.408 e. The Morgan fingerprint density at radius 2 is 1.83 bits per heavy atom. The van der Waals surface area contributed by atoms with Crippen molar-refractivity contribution in [1.29, 1.82) is 0 Å². The fraction of sp³-hybridized carbons (Fsp3) is 0.318. The predicted molar refractivity (Wildman–Crippen MR) is 110 cm³/mol. The first-order valence-corrected chi connectivity index (χ1v) is 9.88. The quantitative estimate of drug-likeness (QED) is 0.633. The lowest BCUT2D eigenvalue weighted by Crippen LogP contribution is -2.51. The summed E-state index contributed by atoms with van der Waals surface area (Å²) < 4.78 is 12.0. The first-order chi connectivity index (χ1) is 14.6. The summed E-state index contributed by atoms with van der Waals surface area (Å²) >= 11 is 0. The monoisotopic (exact) mass is 409 g/mol. The molecule has 2 amide bonds. The van der Waals surface area contributed by atoms with Crippen LogP contribution in [0.4, 0.5) is 0 Å². The second kappa shape index (κ2) is 8.96. The summed E-state index contributed by atoms with van der Waals surface area (Å²) in [6.45, 7) is 1.15. The first kappa shape index (κ1) is 19.9. The van der Waals surface area contributed by atoms with Crippen molar-refractivity contribution in [2.24, 2.45) is 0 Å². The van der Waals surface area contributed by atoms with Gasteiger partial charge in [0.15, 0.2) is 5.58 Å². The van der Waals surface area contributed by atoms with Crippen LogP contribution in [0, 0.1) is 0 Å². The normalized spacial score (nSPS) is 16.7. The zero-order chi connectivity index (χ0) is 20.9. The SMILES string of the molecule is O=C(Cn1c(=O)oc2ccccc21)NCC1CN(CCc2ccccc2)C(=O)CO1. The van der Waals surface area contributed by atoms with Crippen molar-refractivity contribution in [1.82, 2.24) is 14.8 Å². The number of fused-ring (bicyclic) bond motifs is 1. The Kier molecular flexibility index (Phi) is 5.94. The molecule has 1 aliphatic rings. The lowest BCUT2D eigenvalue weighted by Gasteiger charge is -2.33. The van der Waals surface area contributed by atoms with Gasteiger partial charge in [-0.15, -0.1) is 0 Å². The highest BCUT2D eigenvalue weighted by molar-refractivity contribution is 5.80. The fourth-order valence-electron chi connectivity index (χ4n) is 3.52. The number of amides is 2. The molecule has 8 nitrogen and oxygen atoms in total. The lowest BCUT2D eigenvalue weighted by atomic mass is 10.1. The van der Waals surface area contributed by atoms with Crippen LogP contribution < -0.4 is 11.1 Å². The average Bonchev–Trinajstić information content (AvgIpc) is 3.08. The van der Waals surface area contributed by atoms with Crippen molar-refractivity contribution in [2.75, 3.05) is 26.2 Å². The van der Waals surface area contributed by atoms with Crippen LogP contribution >= 0.6 is 0 Å². The molecular formula is C22H23N3O5. The number of rotatable bonds is 7.